The van der Waals surface area contributed by atoms with Crippen molar-refractivity contribution in [3.05, 3.63) is 58.9 Å². The zero-order chi connectivity index (χ0) is 19.7. The summed E-state index contributed by atoms with van der Waals surface area (Å²) in [5.74, 6) is -0.885. The van der Waals surface area contributed by atoms with Crippen LogP contribution in [-0.2, 0) is 16.0 Å². The van der Waals surface area contributed by atoms with Crippen LogP contribution in [0.25, 0.3) is 6.08 Å². The Morgan fingerprint density at radius 2 is 1.85 bits per heavy atom. The molecule has 0 saturated carbocycles. The molecule has 0 atom stereocenters. The number of nitrogens with one attached hydrogen (secondary N) is 1. The van der Waals surface area contributed by atoms with E-state index in [2.05, 4.69) is 30.7 Å². The zero-order valence-electron chi connectivity index (χ0n) is 15.9. The summed E-state index contributed by atoms with van der Waals surface area (Å²) in [7, 11) is 0. The van der Waals surface area contributed by atoms with Gasteiger partial charge in [-0.1, -0.05) is 19.1 Å². The molecule has 0 spiro atoms. The van der Waals surface area contributed by atoms with Crippen molar-refractivity contribution in [3.63, 3.8) is 0 Å². The molecule has 0 unspecified atom stereocenters. The van der Waals surface area contributed by atoms with E-state index in [1.807, 2.05) is 43.5 Å². The van der Waals surface area contributed by atoms with Gasteiger partial charge in [-0.15, -0.1) is 0 Å². The predicted octanol–water partition coefficient (Wildman–Crippen LogP) is 3.77. The standard InChI is InChI=1S/C21H23N3O2S/c1-5-15-6-8-17(9-7-15)24-20(26)18(19(25)22-21(24)27)11-16-10-14(4)23(12-16)13(2)3/h6-13H,5H2,1-4H3,(H,22,25,27)/b18-11-. The molecule has 0 radical (unpaired) electrons. The molecule has 1 saturated heterocycles. The summed E-state index contributed by atoms with van der Waals surface area (Å²) < 4.78 is 2.10. The maximum absolute atomic E-state index is 13.0. The normalized spacial score (nSPS) is 16.4. The summed E-state index contributed by atoms with van der Waals surface area (Å²) in [5.41, 5.74) is 3.77. The Hall–Kier alpha value is -2.73. The maximum Gasteiger partial charge on any atom is 0.270 e. The van der Waals surface area contributed by atoms with Gasteiger partial charge in [-0.2, -0.15) is 0 Å². The molecule has 5 nitrogen and oxygen atoms in total. The first-order valence-corrected chi connectivity index (χ1v) is 9.41. The smallest absolute Gasteiger partial charge is 0.270 e. The van der Waals surface area contributed by atoms with Crippen molar-refractivity contribution in [1.29, 1.82) is 0 Å². The van der Waals surface area contributed by atoms with Crippen LogP contribution in [0.2, 0.25) is 0 Å². The molecule has 1 aliphatic rings. The number of benzene rings is 1. The van der Waals surface area contributed by atoms with E-state index in [-0.39, 0.29) is 10.7 Å². The Kier molecular flexibility index (Phi) is 5.28. The lowest BCUT2D eigenvalue weighted by Gasteiger charge is -2.29. The number of aryl methyl sites for hydroxylation is 2. The summed E-state index contributed by atoms with van der Waals surface area (Å²) in [6.07, 6.45) is 4.48. The quantitative estimate of drug-likeness (QED) is 0.498. The Bertz CT molecular complexity index is 939. The van der Waals surface area contributed by atoms with Crippen molar-refractivity contribution in [2.45, 2.75) is 40.2 Å². The van der Waals surface area contributed by atoms with Crippen molar-refractivity contribution in [2.24, 2.45) is 0 Å². The molecule has 0 bridgehead atoms. The van der Waals surface area contributed by atoms with Gasteiger partial charge in [0.1, 0.15) is 5.57 Å². The number of hydrogen-bond donors (Lipinski definition) is 1. The van der Waals surface area contributed by atoms with Gasteiger partial charge in [0.25, 0.3) is 11.8 Å². The fourth-order valence-electron chi connectivity index (χ4n) is 3.19. The van der Waals surface area contributed by atoms with E-state index in [9.17, 15) is 9.59 Å². The zero-order valence-corrected chi connectivity index (χ0v) is 16.8. The number of nitrogens with zero attached hydrogens (tertiary/aromatic N) is 2. The third-order valence-corrected chi connectivity index (χ3v) is 4.93. The molecule has 0 aliphatic carbocycles. The molecule has 1 aromatic heterocycles. The highest BCUT2D eigenvalue weighted by molar-refractivity contribution is 7.80. The van der Waals surface area contributed by atoms with Gasteiger partial charge in [0, 0.05) is 17.9 Å². The molecular weight excluding hydrogens is 358 g/mol. The lowest BCUT2D eigenvalue weighted by Crippen LogP contribution is -2.54. The minimum Gasteiger partial charge on any atom is -0.349 e. The summed E-state index contributed by atoms with van der Waals surface area (Å²) >= 11 is 5.24. The van der Waals surface area contributed by atoms with Crippen molar-refractivity contribution < 1.29 is 9.59 Å². The van der Waals surface area contributed by atoms with Crippen LogP contribution < -0.4 is 10.2 Å². The molecule has 1 N–H and O–H groups in total. The molecule has 140 valence electrons. The van der Waals surface area contributed by atoms with Crippen LogP contribution in [0.4, 0.5) is 5.69 Å². The molecule has 6 heteroatoms. The fourth-order valence-corrected chi connectivity index (χ4v) is 3.47. The minimum absolute atomic E-state index is 0.0732. The summed E-state index contributed by atoms with van der Waals surface area (Å²) in [6.45, 7) is 8.24. The largest absolute Gasteiger partial charge is 0.349 e. The number of aromatic nitrogens is 1. The maximum atomic E-state index is 13.0. The third-order valence-electron chi connectivity index (χ3n) is 4.64. The summed E-state index contributed by atoms with van der Waals surface area (Å²) in [5, 5.41) is 2.72. The van der Waals surface area contributed by atoms with Gasteiger partial charge < -0.3 is 4.57 Å². The summed E-state index contributed by atoms with van der Waals surface area (Å²) in [4.78, 5) is 26.8. The molecule has 27 heavy (non-hydrogen) atoms. The Morgan fingerprint density at radius 3 is 2.41 bits per heavy atom. The van der Waals surface area contributed by atoms with Gasteiger partial charge in [-0.05, 0) is 74.8 Å². The predicted molar refractivity (Wildman–Crippen MR) is 112 cm³/mol. The van der Waals surface area contributed by atoms with E-state index < -0.39 is 11.8 Å². The van der Waals surface area contributed by atoms with Crippen molar-refractivity contribution >= 4 is 40.9 Å². The number of hydrogen-bond acceptors (Lipinski definition) is 3. The Labute approximate surface area is 164 Å². The molecule has 1 aliphatic heterocycles. The van der Waals surface area contributed by atoms with Gasteiger partial charge in [-0.25, -0.2) is 0 Å². The lowest BCUT2D eigenvalue weighted by atomic mass is 10.1. The van der Waals surface area contributed by atoms with Crippen LogP contribution in [0.1, 0.15) is 43.6 Å². The lowest BCUT2D eigenvalue weighted by molar-refractivity contribution is -0.122. The number of amides is 2. The highest BCUT2D eigenvalue weighted by atomic mass is 32.1. The van der Waals surface area contributed by atoms with Gasteiger partial charge in [0.15, 0.2) is 5.11 Å². The van der Waals surface area contributed by atoms with E-state index in [1.165, 1.54) is 10.5 Å². The molecule has 2 amide bonds. The highest BCUT2D eigenvalue weighted by Gasteiger charge is 2.34. The molecule has 1 fully saturated rings. The molecule has 3 rings (SSSR count). The van der Waals surface area contributed by atoms with Crippen LogP contribution in [0, 0.1) is 6.92 Å². The van der Waals surface area contributed by atoms with Crippen molar-refractivity contribution in [3.8, 4) is 0 Å². The van der Waals surface area contributed by atoms with Gasteiger partial charge in [0.2, 0.25) is 0 Å². The van der Waals surface area contributed by atoms with E-state index in [0.717, 1.165) is 17.7 Å². The Balaban J connectivity index is 1.98. The first kappa shape index (κ1) is 19.0. The van der Waals surface area contributed by atoms with E-state index in [1.54, 1.807) is 6.08 Å². The highest BCUT2D eigenvalue weighted by Crippen LogP contribution is 2.24. The van der Waals surface area contributed by atoms with Gasteiger partial charge in [-0.3, -0.25) is 19.8 Å². The second kappa shape index (κ2) is 7.48. The van der Waals surface area contributed by atoms with E-state index >= 15 is 0 Å². The molecular formula is C21H23N3O2S. The monoisotopic (exact) mass is 381 g/mol. The van der Waals surface area contributed by atoms with E-state index in [4.69, 9.17) is 12.2 Å². The SMILES string of the molecule is CCc1ccc(N2C(=O)/C(=C\c3cc(C)n(C(C)C)c3)C(=O)NC2=S)cc1. The summed E-state index contributed by atoms with van der Waals surface area (Å²) in [6, 6.07) is 9.86. The first-order valence-electron chi connectivity index (χ1n) is 9.00. The number of thiocarbonyl (C=S) groups is 1. The third kappa shape index (κ3) is 3.71. The van der Waals surface area contributed by atoms with Crippen molar-refractivity contribution in [2.75, 3.05) is 4.90 Å². The molecule has 2 heterocycles. The van der Waals surface area contributed by atoms with Crippen LogP contribution in [0.15, 0.2) is 42.1 Å². The van der Waals surface area contributed by atoms with Crippen LogP contribution in [0.3, 0.4) is 0 Å². The average molecular weight is 382 g/mol. The van der Waals surface area contributed by atoms with Crippen LogP contribution in [-0.4, -0.2) is 21.5 Å². The van der Waals surface area contributed by atoms with Crippen LogP contribution >= 0.6 is 12.2 Å². The fraction of sp³-hybridized carbons (Fsp3) is 0.286. The molecule has 1 aromatic carbocycles. The number of rotatable bonds is 4. The Morgan fingerprint density at radius 1 is 1.19 bits per heavy atom. The van der Waals surface area contributed by atoms with E-state index in [0.29, 0.717) is 11.7 Å². The second-order valence-electron chi connectivity index (χ2n) is 6.89. The van der Waals surface area contributed by atoms with Crippen molar-refractivity contribution in [1.82, 2.24) is 9.88 Å². The molecule has 2 aromatic rings. The second-order valence-corrected chi connectivity index (χ2v) is 7.28. The van der Waals surface area contributed by atoms with Crippen LogP contribution in [0.5, 0.6) is 0 Å². The topological polar surface area (TPSA) is 54.3 Å². The number of carbonyl (C=O) groups excluding carboxylic acids is 2. The average Bonchev–Trinajstić information content (AvgIpc) is 3.00. The van der Waals surface area contributed by atoms with Gasteiger partial charge >= 0.3 is 0 Å². The number of anilines is 1. The number of carbonyl (C=O) groups is 2. The minimum atomic E-state index is -0.471. The first-order chi connectivity index (χ1) is 12.8. The van der Waals surface area contributed by atoms with Gasteiger partial charge in [0.05, 0.1) is 5.69 Å².